The summed E-state index contributed by atoms with van der Waals surface area (Å²) in [5.41, 5.74) is -1.20. The summed E-state index contributed by atoms with van der Waals surface area (Å²) in [5.74, 6) is -1.75. The first-order chi connectivity index (χ1) is 12.0. The molecule has 0 aromatic carbocycles. The van der Waals surface area contributed by atoms with Crippen molar-refractivity contribution >= 4 is 11.9 Å². The molecule has 0 saturated heterocycles. The maximum atomic E-state index is 12.4. The largest absolute Gasteiger partial charge is 0.459 e. The van der Waals surface area contributed by atoms with Gasteiger partial charge in [0, 0.05) is 0 Å². The number of ether oxygens (including phenoxy) is 2. The van der Waals surface area contributed by atoms with Gasteiger partial charge in [-0.15, -0.1) is 0 Å². The molecule has 0 amide bonds. The minimum Gasteiger partial charge on any atom is -0.459 e. The molecule has 0 fully saturated rings. The molecule has 0 aliphatic carbocycles. The number of esters is 2. The van der Waals surface area contributed by atoms with Crippen LogP contribution in [0.15, 0.2) is 0 Å². The van der Waals surface area contributed by atoms with Gasteiger partial charge in [-0.2, -0.15) is 0 Å². The van der Waals surface area contributed by atoms with Crippen LogP contribution < -0.4 is 0 Å². The van der Waals surface area contributed by atoms with Gasteiger partial charge < -0.3 is 9.47 Å². The van der Waals surface area contributed by atoms with Gasteiger partial charge in [-0.3, -0.25) is 9.59 Å². The quantitative estimate of drug-likeness (QED) is 0.233. The summed E-state index contributed by atoms with van der Waals surface area (Å²) in [7, 11) is 0. The highest BCUT2D eigenvalue weighted by Crippen LogP contribution is 2.21. The monoisotopic (exact) mass is 370 g/mol. The van der Waals surface area contributed by atoms with E-state index >= 15 is 0 Å². The molecule has 0 N–H and O–H groups in total. The lowest BCUT2D eigenvalue weighted by Gasteiger charge is -2.26. The molecule has 0 aliphatic heterocycles. The van der Waals surface area contributed by atoms with Crippen LogP contribution in [0.4, 0.5) is 0 Å². The van der Waals surface area contributed by atoms with Gasteiger partial charge in [0.25, 0.3) is 0 Å². The number of carbonyl (C=O) groups is 2. The van der Waals surface area contributed by atoms with E-state index in [9.17, 15) is 9.59 Å². The van der Waals surface area contributed by atoms with Crippen LogP contribution in [0.1, 0.15) is 113 Å². The van der Waals surface area contributed by atoms with E-state index in [-0.39, 0.29) is 0 Å². The molecule has 0 aromatic heterocycles. The first-order valence-corrected chi connectivity index (χ1v) is 10.4. The van der Waals surface area contributed by atoms with Gasteiger partial charge in [0.05, 0.1) is 0 Å². The lowest BCUT2D eigenvalue weighted by molar-refractivity contribution is -0.174. The Hall–Kier alpha value is -1.06. The summed E-state index contributed by atoms with van der Waals surface area (Å²) >= 11 is 0. The van der Waals surface area contributed by atoms with Crippen LogP contribution >= 0.6 is 0 Å². The molecule has 0 unspecified atom stereocenters. The summed E-state index contributed by atoms with van der Waals surface area (Å²) in [6, 6.07) is 0. The van der Waals surface area contributed by atoms with E-state index in [1.807, 2.05) is 41.5 Å². The van der Waals surface area contributed by atoms with Gasteiger partial charge in [0.15, 0.2) is 5.92 Å². The summed E-state index contributed by atoms with van der Waals surface area (Å²) in [5, 5.41) is 0. The molecule has 154 valence electrons. The average Bonchev–Trinajstić information content (AvgIpc) is 2.45. The molecular formula is C22H42O4. The first kappa shape index (κ1) is 24.9. The van der Waals surface area contributed by atoms with Crippen LogP contribution in [0, 0.1) is 5.92 Å². The normalized spacial score (nSPS) is 12.3. The van der Waals surface area contributed by atoms with Crippen LogP contribution in [0.3, 0.4) is 0 Å². The molecule has 0 rings (SSSR count). The molecule has 0 atom stereocenters. The van der Waals surface area contributed by atoms with Crippen molar-refractivity contribution in [2.24, 2.45) is 5.92 Å². The zero-order valence-electron chi connectivity index (χ0n) is 18.3. The standard InChI is InChI=1S/C22H42O4/c1-8-9-10-11-12-13-14-15-16-17-18(19(23)25-21(2,3)4)20(24)26-22(5,6)7/h18H,8-17H2,1-7H3. The predicted molar refractivity (Wildman–Crippen MR) is 107 cm³/mol. The summed E-state index contributed by atoms with van der Waals surface area (Å²) in [6.07, 6.45) is 11.3. The van der Waals surface area contributed by atoms with Gasteiger partial charge in [0.1, 0.15) is 11.2 Å². The Kier molecular flexibility index (Phi) is 11.8. The lowest BCUT2D eigenvalue weighted by atomic mass is 9.99. The Morgan fingerprint density at radius 2 is 1.00 bits per heavy atom. The summed E-state index contributed by atoms with van der Waals surface area (Å²) in [6.45, 7) is 13.1. The van der Waals surface area contributed by atoms with E-state index in [0.717, 1.165) is 19.3 Å². The van der Waals surface area contributed by atoms with Crippen molar-refractivity contribution in [3.63, 3.8) is 0 Å². The fraction of sp³-hybridized carbons (Fsp3) is 0.909. The van der Waals surface area contributed by atoms with Crippen LogP contribution in [0.2, 0.25) is 0 Å². The molecule has 0 aromatic rings. The number of hydrogen-bond donors (Lipinski definition) is 0. The highest BCUT2D eigenvalue weighted by atomic mass is 16.6. The maximum absolute atomic E-state index is 12.4. The van der Waals surface area contributed by atoms with Gasteiger partial charge in [-0.25, -0.2) is 0 Å². The maximum Gasteiger partial charge on any atom is 0.320 e. The van der Waals surface area contributed by atoms with Gasteiger partial charge in [-0.1, -0.05) is 64.7 Å². The highest BCUT2D eigenvalue weighted by molar-refractivity contribution is 5.95. The lowest BCUT2D eigenvalue weighted by Crippen LogP contribution is -2.36. The van der Waals surface area contributed by atoms with Crippen LogP contribution in [-0.2, 0) is 19.1 Å². The SMILES string of the molecule is CCCCCCCCCCCC(C(=O)OC(C)(C)C)C(=O)OC(C)(C)C. The van der Waals surface area contributed by atoms with Crippen molar-refractivity contribution in [1.29, 1.82) is 0 Å². The first-order valence-electron chi connectivity index (χ1n) is 10.4. The molecule has 0 radical (unpaired) electrons. The Morgan fingerprint density at radius 1 is 0.654 bits per heavy atom. The number of rotatable bonds is 12. The van der Waals surface area contributed by atoms with Gasteiger partial charge >= 0.3 is 11.9 Å². The molecule has 0 aliphatic rings. The number of carbonyl (C=O) groups excluding carboxylic acids is 2. The van der Waals surface area contributed by atoms with Gasteiger partial charge in [-0.05, 0) is 48.0 Å². The van der Waals surface area contributed by atoms with Crippen molar-refractivity contribution in [3.05, 3.63) is 0 Å². The average molecular weight is 371 g/mol. The molecule has 0 heterocycles. The van der Waals surface area contributed by atoms with E-state index in [1.54, 1.807) is 0 Å². The van der Waals surface area contributed by atoms with Crippen LogP contribution in [0.5, 0.6) is 0 Å². The molecular weight excluding hydrogens is 328 g/mol. The minimum atomic E-state index is -0.821. The molecule has 0 spiro atoms. The molecule has 4 nitrogen and oxygen atoms in total. The Morgan fingerprint density at radius 3 is 1.35 bits per heavy atom. The third-order valence-corrected chi connectivity index (χ3v) is 3.98. The summed E-state index contributed by atoms with van der Waals surface area (Å²) < 4.78 is 10.9. The molecule has 0 bridgehead atoms. The van der Waals surface area contributed by atoms with Crippen molar-refractivity contribution in [3.8, 4) is 0 Å². The zero-order valence-corrected chi connectivity index (χ0v) is 18.3. The Bertz CT molecular complexity index is 373. The fourth-order valence-corrected chi connectivity index (χ4v) is 2.74. The second-order valence-electron chi connectivity index (χ2n) is 9.24. The van der Waals surface area contributed by atoms with E-state index in [4.69, 9.17) is 9.47 Å². The second-order valence-corrected chi connectivity index (χ2v) is 9.24. The second kappa shape index (κ2) is 12.3. The third kappa shape index (κ3) is 14.1. The zero-order chi connectivity index (χ0) is 20.2. The van der Waals surface area contributed by atoms with E-state index in [1.165, 1.54) is 38.5 Å². The highest BCUT2D eigenvalue weighted by Gasteiger charge is 2.34. The third-order valence-electron chi connectivity index (χ3n) is 3.98. The van der Waals surface area contributed by atoms with Gasteiger partial charge in [0.2, 0.25) is 0 Å². The Labute approximate surface area is 161 Å². The topological polar surface area (TPSA) is 52.6 Å². The van der Waals surface area contributed by atoms with Crippen molar-refractivity contribution in [2.45, 2.75) is 124 Å². The molecule has 0 saturated carbocycles. The molecule has 26 heavy (non-hydrogen) atoms. The number of hydrogen-bond acceptors (Lipinski definition) is 4. The smallest absolute Gasteiger partial charge is 0.320 e. The summed E-state index contributed by atoms with van der Waals surface area (Å²) in [4.78, 5) is 24.9. The van der Waals surface area contributed by atoms with Crippen molar-refractivity contribution < 1.29 is 19.1 Å². The van der Waals surface area contributed by atoms with E-state index < -0.39 is 29.1 Å². The number of unbranched alkanes of at least 4 members (excludes halogenated alkanes) is 8. The van der Waals surface area contributed by atoms with E-state index in [0.29, 0.717) is 6.42 Å². The minimum absolute atomic E-state index is 0.466. The predicted octanol–water partition coefficient (Wildman–Crippen LogP) is 6.21. The van der Waals surface area contributed by atoms with Crippen molar-refractivity contribution in [2.75, 3.05) is 0 Å². The molecule has 4 heteroatoms. The van der Waals surface area contributed by atoms with E-state index in [2.05, 4.69) is 6.92 Å². The fourth-order valence-electron chi connectivity index (χ4n) is 2.74. The van der Waals surface area contributed by atoms with Crippen LogP contribution in [0.25, 0.3) is 0 Å². The Balaban J connectivity index is 4.36. The van der Waals surface area contributed by atoms with Crippen LogP contribution in [-0.4, -0.2) is 23.1 Å². The van der Waals surface area contributed by atoms with Crippen molar-refractivity contribution in [1.82, 2.24) is 0 Å².